The first-order valence-corrected chi connectivity index (χ1v) is 7.66. The van der Waals surface area contributed by atoms with Crippen molar-refractivity contribution in [1.29, 1.82) is 0 Å². The molecule has 0 fully saturated rings. The van der Waals surface area contributed by atoms with Crippen LogP contribution in [0.15, 0.2) is 41.8 Å². The molecule has 0 aliphatic rings. The first-order chi connectivity index (χ1) is 10.6. The van der Waals surface area contributed by atoms with Crippen LogP contribution in [-0.2, 0) is 11.2 Å². The molecule has 2 aromatic rings. The summed E-state index contributed by atoms with van der Waals surface area (Å²) in [6, 6.07) is 10.8. The van der Waals surface area contributed by atoms with Crippen LogP contribution in [0.2, 0.25) is 0 Å². The van der Waals surface area contributed by atoms with E-state index < -0.39 is 11.9 Å². The molecule has 5 nitrogen and oxygen atoms in total. The maximum absolute atomic E-state index is 11.9. The van der Waals surface area contributed by atoms with Crippen LogP contribution in [-0.4, -0.2) is 30.6 Å². The number of hydrogen-bond donors (Lipinski definition) is 2. The topological polar surface area (TPSA) is 75.6 Å². The Balaban J connectivity index is 2.01. The molecule has 1 unspecified atom stereocenters. The van der Waals surface area contributed by atoms with Crippen molar-refractivity contribution in [3.63, 3.8) is 0 Å². The molecule has 1 heterocycles. The van der Waals surface area contributed by atoms with Crippen LogP contribution >= 0.6 is 11.3 Å². The van der Waals surface area contributed by atoms with Gasteiger partial charge in [0.05, 0.1) is 17.9 Å². The molecule has 2 rings (SSSR count). The standard InChI is InChI=1S/C16H17NO4S/c1-21-13-6-3-2-5-11(13)9-12(16(19)20)10-17-15(18)14-7-4-8-22-14/h2-8,12H,9-10H2,1H3,(H,17,18)(H,19,20). The minimum absolute atomic E-state index is 0.0735. The summed E-state index contributed by atoms with van der Waals surface area (Å²) in [7, 11) is 1.55. The van der Waals surface area contributed by atoms with Gasteiger partial charge < -0.3 is 15.2 Å². The summed E-state index contributed by atoms with van der Waals surface area (Å²) >= 11 is 1.32. The van der Waals surface area contributed by atoms with Crippen LogP contribution in [0.5, 0.6) is 5.75 Å². The van der Waals surface area contributed by atoms with Crippen molar-refractivity contribution in [2.75, 3.05) is 13.7 Å². The highest BCUT2D eigenvalue weighted by Gasteiger charge is 2.21. The summed E-state index contributed by atoms with van der Waals surface area (Å²) in [5.41, 5.74) is 0.808. The van der Waals surface area contributed by atoms with Crippen molar-refractivity contribution in [2.24, 2.45) is 5.92 Å². The maximum Gasteiger partial charge on any atom is 0.308 e. The van der Waals surface area contributed by atoms with Crippen molar-refractivity contribution in [3.8, 4) is 5.75 Å². The lowest BCUT2D eigenvalue weighted by Gasteiger charge is -2.15. The Morgan fingerprint density at radius 3 is 2.68 bits per heavy atom. The normalized spacial score (nSPS) is 11.7. The van der Waals surface area contributed by atoms with E-state index in [2.05, 4.69) is 5.32 Å². The maximum atomic E-state index is 11.9. The smallest absolute Gasteiger partial charge is 0.308 e. The van der Waals surface area contributed by atoms with Crippen LogP contribution in [0.25, 0.3) is 0 Å². The van der Waals surface area contributed by atoms with Gasteiger partial charge in [0.1, 0.15) is 5.75 Å². The fraction of sp³-hybridized carbons (Fsp3) is 0.250. The minimum Gasteiger partial charge on any atom is -0.496 e. The van der Waals surface area contributed by atoms with Gasteiger partial charge in [0.25, 0.3) is 5.91 Å². The third-order valence-corrected chi connectivity index (χ3v) is 4.13. The van der Waals surface area contributed by atoms with Crippen molar-refractivity contribution >= 4 is 23.2 Å². The first-order valence-electron chi connectivity index (χ1n) is 6.78. The zero-order valence-electron chi connectivity index (χ0n) is 12.1. The number of hydrogen-bond acceptors (Lipinski definition) is 4. The van der Waals surface area contributed by atoms with E-state index in [4.69, 9.17) is 4.74 Å². The zero-order chi connectivity index (χ0) is 15.9. The number of amides is 1. The second kappa shape index (κ2) is 7.61. The zero-order valence-corrected chi connectivity index (χ0v) is 12.9. The summed E-state index contributed by atoms with van der Waals surface area (Å²) in [4.78, 5) is 23.9. The molecule has 0 bridgehead atoms. The molecule has 0 aliphatic carbocycles. The van der Waals surface area contributed by atoms with Gasteiger partial charge in [0.2, 0.25) is 0 Å². The largest absolute Gasteiger partial charge is 0.496 e. The molecule has 1 amide bonds. The molecule has 0 spiro atoms. The molecule has 22 heavy (non-hydrogen) atoms. The van der Waals surface area contributed by atoms with E-state index >= 15 is 0 Å². The number of aliphatic carboxylic acids is 1. The van der Waals surface area contributed by atoms with E-state index in [1.165, 1.54) is 11.3 Å². The third-order valence-electron chi connectivity index (χ3n) is 3.26. The molecular weight excluding hydrogens is 302 g/mol. The van der Waals surface area contributed by atoms with Crippen LogP contribution in [0.1, 0.15) is 15.2 Å². The molecule has 0 saturated heterocycles. The monoisotopic (exact) mass is 319 g/mol. The number of benzene rings is 1. The molecule has 0 saturated carbocycles. The lowest BCUT2D eigenvalue weighted by molar-refractivity contribution is -0.141. The fourth-order valence-corrected chi connectivity index (χ4v) is 2.73. The van der Waals surface area contributed by atoms with Crippen molar-refractivity contribution in [2.45, 2.75) is 6.42 Å². The number of nitrogens with one attached hydrogen (secondary N) is 1. The van der Waals surface area contributed by atoms with E-state index in [-0.39, 0.29) is 12.5 Å². The van der Waals surface area contributed by atoms with Gasteiger partial charge in [-0.2, -0.15) is 0 Å². The molecule has 0 radical (unpaired) electrons. The Hall–Kier alpha value is -2.34. The summed E-state index contributed by atoms with van der Waals surface area (Å²) in [6.07, 6.45) is 0.296. The van der Waals surface area contributed by atoms with E-state index in [9.17, 15) is 14.7 Å². The molecule has 2 N–H and O–H groups in total. The number of carboxylic acid groups (broad SMARTS) is 1. The molecule has 0 aliphatic heterocycles. The van der Waals surface area contributed by atoms with Crippen molar-refractivity contribution < 1.29 is 19.4 Å². The summed E-state index contributed by atoms with van der Waals surface area (Å²) in [5, 5.41) is 13.8. The molecular formula is C16H17NO4S. The highest BCUT2D eigenvalue weighted by molar-refractivity contribution is 7.12. The first kappa shape index (κ1) is 16.0. The van der Waals surface area contributed by atoms with Crippen LogP contribution in [0.3, 0.4) is 0 Å². The molecule has 6 heteroatoms. The lowest BCUT2D eigenvalue weighted by Crippen LogP contribution is -2.33. The van der Waals surface area contributed by atoms with Crippen LogP contribution in [0.4, 0.5) is 0 Å². The molecule has 1 atom stereocenters. The number of carbonyl (C=O) groups is 2. The number of carbonyl (C=O) groups excluding carboxylic acids is 1. The molecule has 1 aromatic carbocycles. The van der Waals surface area contributed by atoms with Gasteiger partial charge in [-0.3, -0.25) is 9.59 Å². The van der Waals surface area contributed by atoms with Crippen LogP contribution < -0.4 is 10.1 Å². The lowest BCUT2D eigenvalue weighted by atomic mass is 9.98. The van der Waals surface area contributed by atoms with E-state index in [1.807, 2.05) is 18.2 Å². The van der Waals surface area contributed by atoms with Gasteiger partial charge >= 0.3 is 5.97 Å². The Labute approximate surface area is 132 Å². The van der Waals surface area contributed by atoms with Gasteiger partial charge in [-0.15, -0.1) is 11.3 Å². The summed E-state index contributed by atoms with van der Waals surface area (Å²) in [5.74, 6) is -1.25. The third kappa shape index (κ3) is 4.08. The minimum atomic E-state index is -0.947. The quantitative estimate of drug-likeness (QED) is 0.822. The average molecular weight is 319 g/mol. The van der Waals surface area contributed by atoms with E-state index in [1.54, 1.807) is 30.7 Å². The number of para-hydroxylation sites is 1. The number of thiophene rings is 1. The highest BCUT2D eigenvalue weighted by atomic mass is 32.1. The predicted octanol–water partition coefficient (Wildman–Crippen LogP) is 2.43. The predicted molar refractivity (Wildman–Crippen MR) is 84.5 cm³/mol. The van der Waals surface area contributed by atoms with Gasteiger partial charge in [-0.1, -0.05) is 24.3 Å². The fourth-order valence-electron chi connectivity index (χ4n) is 2.09. The van der Waals surface area contributed by atoms with E-state index in [0.717, 1.165) is 5.56 Å². The summed E-state index contributed by atoms with van der Waals surface area (Å²) in [6.45, 7) is 0.0735. The Bertz CT molecular complexity index is 639. The Morgan fingerprint density at radius 2 is 2.05 bits per heavy atom. The Kier molecular flexibility index (Phi) is 5.55. The van der Waals surface area contributed by atoms with Crippen molar-refractivity contribution in [3.05, 3.63) is 52.2 Å². The van der Waals surface area contributed by atoms with Crippen LogP contribution in [0, 0.1) is 5.92 Å². The average Bonchev–Trinajstić information content (AvgIpc) is 3.05. The number of methoxy groups -OCH3 is 1. The number of ether oxygens (including phenoxy) is 1. The van der Waals surface area contributed by atoms with E-state index in [0.29, 0.717) is 17.0 Å². The Morgan fingerprint density at radius 1 is 1.27 bits per heavy atom. The molecule has 1 aromatic heterocycles. The SMILES string of the molecule is COc1ccccc1CC(CNC(=O)c1cccs1)C(=O)O. The number of carboxylic acids is 1. The van der Waals surface area contributed by atoms with Gasteiger partial charge in [-0.05, 0) is 29.5 Å². The summed E-state index contributed by atoms with van der Waals surface area (Å²) < 4.78 is 5.23. The van der Waals surface area contributed by atoms with Gasteiger partial charge in [0.15, 0.2) is 0 Å². The highest BCUT2D eigenvalue weighted by Crippen LogP contribution is 2.21. The van der Waals surface area contributed by atoms with Gasteiger partial charge in [-0.25, -0.2) is 0 Å². The number of rotatable bonds is 7. The second-order valence-corrected chi connectivity index (χ2v) is 5.69. The second-order valence-electron chi connectivity index (χ2n) is 4.74. The van der Waals surface area contributed by atoms with Crippen molar-refractivity contribution in [1.82, 2.24) is 5.32 Å². The van der Waals surface area contributed by atoms with Gasteiger partial charge in [0, 0.05) is 6.54 Å². The molecule has 116 valence electrons.